The van der Waals surface area contributed by atoms with Gasteiger partial charge in [-0.25, -0.2) is 4.79 Å². The van der Waals surface area contributed by atoms with Crippen LogP contribution in [0.15, 0.2) is 12.1 Å². The van der Waals surface area contributed by atoms with Crippen molar-refractivity contribution in [1.82, 2.24) is 0 Å². The van der Waals surface area contributed by atoms with Crippen LogP contribution in [0.3, 0.4) is 0 Å². The van der Waals surface area contributed by atoms with E-state index in [9.17, 15) is 30.0 Å². The van der Waals surface area contributed by atoms with Crippen molar-refractivity contribution in [2.75, 3.05) is 0 Å². The van der Waals surface area contributed by atoms with Crippen molar-refractivity contribution < 1.29 is 39.5 Å². The van der Waals surface area contributed by atoms with Gasteiger partial charge in [0.25, 0.3) is 0 Å². The number of carboxylic acids is 1. The number of carbonyl (C=O) groups is 2. The number of ketones is 1. The topological polar surface area (TPSA) is 134 Å². The van der Waals surface area contributed by atoms with Gasteiger partial charge in [-0.1, -0.05) is 53.7 Å². The highest BCUT2D eigenvalue weighted by molar-refractivity contribution is 5.93. The molecule has 2 saturated heterocycles. The second kappa shape index (κ2) is 13.7. The van der Waals surface area contributed by atoms with E-state index < -0.39 is 29.2 Å². The Hall–Kier alpha value is -2.00. The molecule has 0 aliphatic carbocycles. The zero-order valence-electron chi connectivity index (χ0n) is 26.9. The molecule has 42 heavy (non-hydrogen) atoms. The molecule has 2 heterocycles. The summed E-state index contributed by atoms with van der Waals surface area (Å²) in [5, 5.41) is 42.1. The highest BCUT2D eigenvalue weighted by Crippen LogP contribution is 2.48. The Labute approximate surface area is 251 Å². The van der Waals surface area contributed by atoms with E-state index >= 15 is 0 Å². The zero-order chi connectivity index (χ0) is 31.6. The minimum Gasteiger partial charge on any atom is -0.507 e. The first-order valence-electron chi connectivity index (χ1n) is 16.0. The van der Waals surface area contributed by atoms with Crippen LogP contribution in [0.2, 0.25) is 0 Å². The molecule has 0 radical (unpaired) electrons. The van der Waals surface area contributed by atoms with Crippen LogP contribution in [0.1, 0.15) is 115 Å². The number of Topliss-reactive ketones (excluding diaryl/α,β-unsaturated/α-hetero) is 1. The molecule has 3 rings (SSSR count). The third kappa shape index (κ3) is 6.72. The quantitative estimate of drug-likeness (QED) is 0.225. The lowest BCUT2D eigenvalue weighted by molar-refractivity contribution is -0.229. The lowest BCUT2D eigenvalue weighted by Gasteiger charge is -2.47. The molecule has 238 valence electrons. The Morgan fingerprint density at radius 3 is 2.33 bits per heavy atom. The van der Waals surface area contributed by atoms with Gasteiger partial charge in [-0.15, -0.1) is 0 Å². The van der Waals surface area contributed by atoms with Crippen LogP contribution in [0, 0.1) is 30.6 Å². The largest absolute Gasteiger partial charge is 0.507 e. The van der Waals surface area contributed by atoms with E-state index in [4.69, 9.17) is 9.47 Å². The minimum absolute atomic E-state index is 0.0157. The summed E-state index contributed by atoms with van der Waals surface area (Å²) in [5.74, 6) is -2.55. The van der Waals surface area contributed by atoms with Gasteiger partial charge in [0.05, 0.1) is 35.6 Å². The fourth-order valence-corrected chi connectivity index (χ4v) is 7.45. The third-order valence-corrected chi connectivity index (χ3v) is 10.7. The summed E-state index contributed by atoms with van der Waals surface area (Å²) in [5.41, 5.74) is -0.437. The molecule has 1 aromatic rings. The highest BCUT2D eigenvalue weighted by Gasteiger charge is 2.55. The molecule has 4 N–H and O–H groups in total. The zero-order valence-corrected chi connectivity index (χ0v) is 26.9. The normalized spacial score (nSPS) is 32.7. The molecule has 1 aromatic carbocycles. The first-order chi connectivity index (χ1) is 19.7. The summed E-state index contributed by atoms with van der Waals surface area (Å²) in [6, 6.07) is 3.40. The fourth-order valence-electron chi connectivity index (χ4n) is 7.45. The first-order valence-corrected chi connectivity index (χ1v) is 16.0. The number of hydrogen-bond donors (Lipinski definition) is 4. The van der Waals surface area contributed by atoms with Crippen LogP contribution in [0.4, 0.5) is 0 Å². The van der Waals surface area contributed by atoms with Crippen LogP contribution in [-0.4, -0.2) is 67.8 Å². The van der Waals surface area contributed by atoms with Crippen molar-refractivity contribution in [2.45, 2.75) is 142 Å². The maximum Gasteiger partial charge on any atom is 0.339 e. The molecular weight excluding hydrogens is 536 g/mol. The van der Waals surface area contributed by atoms with Crippen LogP contribution < -0.4 is 0 Å². The number of aliphatic hydroxyl groups excluding tert-OH is 1. The summed E-state index contributed by atoms with van der Waals surface area (Å²) < 4.78 is 13.2. The Bertz CT molecular complexity index is 1100. The summed E-state index contributed by atoms with van der Waals surface area (Å²) in [6.07, 6.45) is 3.34. The van der Waals surface area contributed by atoms with Crippen LogP contribution >= 0.6 is 0 Å². The summed E-state index contributed by atoms with van der Waals surface area (Å²) in [4.78, 5) is 25.7. The molecule has 2 fully saturated rings. The van der Waals surface area contributed by atoms with Crippen molar-refractivity contribution in [3.05, 3.63) is 28.8 Å². The number of hydrogen-bond acceptors (Lipinski definition) is 7. The number of rotatable bonds is 13. The second-order valence-corrected chi connectivity index (χ2v) is 13.2. The van der Waals surface area contributed by atoms with Gasteiger partial charge in [-0.2, -0.15) is 0 Å². The van der Waals surface area contributed by atoms with Gasteiger partial charge in [-0.05, 0) is 88.2 Å². The average Bonchev–Trinajstić information content (AvgIpc) is 3.31. The Morgan fingerprint density at radius 1 is 1.12 bits per heavy atom. The van der Waals surface area contributed by atoms with E-state index in [0.717, 1.165) is 12.8 Å². The highest BCUT2D eigenvalue weighted by atomic mass is 16.6. The third-order valence-electron chi connectivity index (χ3n) is 10.7. The van der Waals surface area contributed by atoms with Gasteiger partial charge >= 0.3 is 5.97 Å². The summed E-state index contributed by atoms with van der Waals surface area (Å²) in [6.45, 7) is 15.4. The number of aryl methyl sites for hydroxylation is 2. The van der Waals surface area contributed by atoms with Gasteiger partial charge in [0.1, 0.15) is 17.1 Å². The number of aromatic hydroxyl groups is 1. The van der Waals surface area contributed by atoms with E-state index in [1.54, 1.807) is 26.0 Å². The number of aromatic carboxylic acids is 1. The van der Waals surface area contributed by atoms with Crippen LogP contribution in [-0.2, 0) is 20.7 Å². The molecule has 0 spiro atoms. The lowest BCUT2D eigenvalue weighted by Crippen LogP contribution is -2.55. The predicted octanol–water partition coefficient (Wildman–Crippen LogP) is 5.84. The number of ether oxygens (including phenoxy) is 2. The van der Waals surface area contributed by atoms with E-state index in [0.29, 0.717) is 49.7 Å². The monoisotopic (exact) mass is 590 g/mol. The number of carboxylic acid groups (broad SMARTS) is 1. The van der Waals surface area contributed by atoms with Gasteiger partial charge in [-0.3, -0.25) is 4.79 Å². The first kappa shape index (κ1) is 34.5. The summed E-state index contributed by atoms with van der Waals surface area (Å²) >= 11 is 0. The molecular formula is C34H54O8. The predicted molar refractivity (Wildman–Crippen MR) is 162 cm³/mol. The molecule has 10 atom stereocenters. The average molecular weight is 591 g/mol. The molecule has 2 aliphatic heterocycles. The standard InChI is InChI=1S/C34H54O8/c1-9-25(31-21(6)18-34(11-3,42-31)26-16-17-33(40,10-2)23(8)41-26)30(37)22(7)28(35)19(4)12-14-24-15-13-20(5)29(36)27(24)32(38)39/h13,15,19,21-23,25-26,28,31,35-36,40H,9-12,14,16-18H2,1-8H3,(H,38,39)/t19-,21?,22-,23-,25-,26?,28-,31+,33?,34?/m0/s1. The molecule has 4 unspecified atom stereocenters. The molecule has 8 heteroatoms. The Morgan fingerprint density at radius 2 is 1.79 bits per heavy atom. The van der Waals surface area contributed by atoms with Crippen molar-refractivity contribution in [1.29, 1.82) is 0 Å². The SMILES string of the molecule is CC[C@@H](C(=O)[C@@H](C)[C@@H](O)[C@@H](C)CCc1ccc(C)c(O)c1C(=O)O)[C@@H]1OC(CC)(C2CCC(O)(CC)[C@H](C)O2)CC1C. The number of carbonyl (C=O) groups excluding carboxylic acids is 1. The smallest absolute Gasteiger partial charge is 0.339 e. The van der Waals surface area contributed by atoms with Crippen molar-refractivity contribution in [3.63, 3.8) is 0 Å². The van der Waals surface area contributed by atoms with Gasteiger partial charge in [0, 0.05) is 11.8 Å². The van der Waals surface area contributed by atoms with Crippen molar-refractivity contribution >= 4 is 11.8 Å². The van der Waals surface area contributed by atoms with Crippen molar-refractivity contribution in [3.8, 4) is 5.75 Å². The molecule has 2 aliphatic rings. The molecule has 0 aromatic heterocycles. The fraction of sp³-hybridized carbons (Fsp3) is 0.765. The maximum atomic E-state index is 13.9. The molecule has 0 bridgehead atoms. The van der Waals surface area contributed by atoms with E-state index in [2.05, 4.69) is 13.8 Å². The maximum absolute atomic E-state index is 13.9. The molecule has 0 saturated carbocycles. The van der Waals surface area contributed by atoms with Crippen molar-refractivity contribution in [2.24, 2.45) is 23.7 Å². The number of benzene rings is 1. The minimum atomic E-state index is -1.18. The Kier molecular flexibility index (Phi) is 11.3. The van der Waals surface area contributed by atoms with Gasteiger partial charge in [0.15, 0.2) is 0 Å². The van der Waals surface area contributed by atoms with E-state index in [-0.39, 0.29) is 53.2 Å². The number of aliphatic hydroxyl groups is 2. The molecule has 0 amide bonds. The van der Waals surface area contributed by atoms with Crippen LogP contribution in [0.5, 0.6) is 5.75 Å². The van der Waals surface area contributed by atoms with Gasteiger partial charge < -0.3 is 29.9 Å². The lowest BCUT2D eigenvalue weighted by atomic mass is 9.76. The van der Waals surface area contributed by atoms with E-state index in [1.165, 1.54) is 0 Å². The van der Waals surface area contributed by atoms with Gasteiger partial charge in [0.2, 0.25) is 0 Å². The number of phenols is 1. The van der Waals surface area contributed by atoms with E-state index in [1.807, 2.05) is 27.7 Å². The molecule has 8 nitrogen and oxygen atoms in total. The summed E-state index contributed by atoms with van der Waals surface area (Å²) in [7, 11) is 0. The Balaban J connectivity index is 1.69. The second-order valence-electron chi connectivity index (χ2n) is 13.2. The van der Waals surface area contributed by atoms with Crippen LogP contribution in [0.25, 0.3) is 0 Å².